The fourth-order valence-corrected chi connectivity index (χ4v) is 2.89. The van der Waals surface area contributed by atoms with E-state index in [-0.39, 0.29) is 16.8 Å². The van der Waals surface area contributed by atoms with Gasteiger partial charge in [0.15, 0.2) is 0 Å². The fourth-order valence-electron chi connectivity index (χ4n) is 2.12. The van der Waals surface area contributed by atoms with Gasteiger partial charge < -0.3 is 5.32 Å². The number of fused-ring (bicyclic) bond motifs is 1. The molecule has 2 aromatic heterocycles. The molecular weight excluding hydrogens is 303 g/mol. The smallest absolute Gasteiger partial charge is 0.275 e. The molecule has 0 atom stereocenters. The number of hydrogen-bond acceptors (Lipinski definition) is 5. The van der Waals surface area contributed by atoms with Gasteiger partial charge in [-0.15, -0.1) is 5.10 Å². The molecule has 1 aromatic carbocycles. The lowest BCUT2D eigenvalue weighted by Crippen LogP contribution is -2.27. The number of rotatable bonds is 4. The summed E-state index contributed by atoms with van der Waals surface area (Å²) in [4.78, 5) is 16.3. The first-order valence-electron chi connectivity index (χ1n) is 6.80. The van der Waals surface area contributed by atoms with Crippen molar-refractivity contribution in [3.8, 4) is 0 Å². The summed E-state index contributed by atoms with van der Waals surface area (Å²) in [5.41, 5.74) is 0.410. The van der Waals surface area contributed by atoms with Gasteiger partial charge in [-0.1, -0.05) is 37.3 Å². The van der Waals surface area contributed by atoms with Crippen LogP contribution in [-0.2, 0) is 5.41 Å². The maximum Gasteiger partial charge on any atom is 0.275 e. The highest BCUT2D eigenvalue weighted by Gasteiger charge is 2.21. The standard InChI is InChI=1S/C15H15FN4OS/c1-15(2,10-4-3-5-11(16)8-10)9-18-13-19-20-12(21)6-7-17-14(20)22-13/h3-8H,9H2,1-2H3,(H,18,19). The second kappa shape index (κ2) is 5.49. The fraction of sp³-hybridized carbons (Fsp3) is 0.267. The summed E-state index contributed by atoms with van der Waals surface area (Å²) in [5, 5.41) is 8.02. The van der Waals surface area contributed by atoms with Crippen LogP contribution in [0.4, 0.5) is 9.52 Å². The average Bonchev–Trinajstić information content (AvgIpc) is 2.90. The molecule has 1 N–H and O–H groups in total. The Bertz CT molecular complexity index is 871. The molecule has 0 aliphatic carbocycles. The third-order valence-corrected chi connectivity index (χ3v) is 4.34. The molecule has 7 heteroatoms. The van der Waals surface area contributed by atoms with Gasteiger partial charge in [-0.2, -0.15) is 4.52 Å². The monoisotopic (exact) mass is 318 g/mol. The van der Waals surface area contributed by atoms with Gasteiger partial charge in [0.1, 0.15) is 5.82 Å². The molecule has 3 aromatic rings. The first-order chi connectivity index (χ1) is 10.5. The highest BCUT2D eigenvalue weighted by atomic mass is 32.1. The molecular formula is C15H15FN4OS. The van der Waals surface area contributed by atoms with Gasteiger partial charge in [0, 0.05) is 24.2 Å². The van der Waals surface area contributed by atoms with Crippen molar-refractivity contribution in [2.45, 2.75) is 19.3 Å². The molecule has 0 bridgehead atoms. The van der Waals surface area contributed by atoms with Gasteiger partial charge in [0.25, 0.3) is 5.56 Å². The minimum atomic E-state index is -0.279. The second-order valence-corrected chi connectivity index (χ2v) is 6.59. The number of nitrogens with zero attached hydrogens (tertiary/aromatic N) is 3. The molecule has 0 radical (unpaired) electrons. The summed E-state index contributed by atoms with van der Waals surface area (Å²) < 4.78 is 14.6. The first-order valence-corrected chi connectivity index (χ1v) is 7.62. The predicted molar refractivity (Wildman–Crippen MR) is 85.0 cm³/mol. The van der Waals surface area contributed by atoms with E-state index in [1.165, 1.54) is 40.2 Å². The third kappa shape index (κ3) is 2.85. The molecule has 5 nitrogen and oxygen atoms in total. The Morgan fingerprint density at radius 2 is 2.18 bits per heavy atom. The normalized spacial score (nSPS) is 11.8. The Morgan fingerprint density at radius 3 is 2.91 bits per heavy atom. The molecule has 0 fully saturated rings. The summed E-state index contributed by atoms with van der Waals surface area (Å²) in [6, 6.07) is 7.93. The quantitative estimate of drug-likeness (QED) is 0.803. The van der Waals surface area contributed by atoms with Crippen LogP contribution in [0.15, 0.2) is 41.3 Å². The van der Waals surface area contributed by atoms with E-state index in [4.69, 9.17) is 0 Å². The van der Waals surface area contributed by atoms with E-state index in [2.05, 4.69) is 15.4 Å². The molecule has 0 aliphatic heterocycles. The van der Waals surface area contributed by atoms with E-state index in [1.807, 2.05) is 19.9 Å². The second-order valence-electron chi connectivity index (χ2n) is 5.63. The van der Waals surface area contributed by atoms with Crippen LogP contribution in [0.2, 0.25) is 0 Å². The lowest BCUT2D eigenvalue weighted by Gasteiger charge is -2.25. The van der Waals surface area contributed by atoms with Crippen molar-refractivity contribution in [1.82, 2.24) is 14.6 Å². The van der Waals surface area contributed by atoms with Crippen molar-refractivity contribution in [2.75, 3.05) is 11.9 Å². The van der Waals surface area contributed by atoms with Crippen molar-refractivity contribution in [3.05, 3.63) is 58.3 Å². The molecule has 0 aliphatic rings. The van der Waals surface area contributed by atoms with Crippen molar-refractivity contribution in [1.29, 1.82) is 0 Å². The molecule has 114 valence electrons. The van der Waals surface area contributed by atoms with Crippen LogP contribution in [0.3, 0.4) is 0 Å². The number of nitrogens with one attached hydrogen (secondary N) is 1. The van der Waals surface area contributed by atoms with Crippen molar-refractivity contribution in [2.24, 2.45) is 0 Å². The molecule has 0 unspecified atom stereocenters. The van der Waals surface area contributed by atoms with Gasteiger partial charge in [-0.3, -0.25) is 4.79 Å². The lowest BCUT2D eigenvalue weighted by atomic mass is 9.84. The zero-order chi connectivity index (χ0) is 15.7. The van der Waals surface area contributed by atoms with Gasteiger partial charge in [0.2, 0.25) is 10.1 Å². The minimum Gasteiger partial charge on any atom is -0.359 e. The highest BCUT2D eigenvalue weighted by molar-refractivity contribution is 7.20. The maximum atomic E-state index is 13.4. The van der Waals surface area contributed by atoms with Crippen molar-refractivity contribution >= 4 is 21.4 Å². The van der Waals surface area contributed by atoms with Crippen molar-refractivity contribution < 1.29 is 4.39 Å². The third-order valence-electron chi connectivity index (χ3n) is 3.46. The SMILES string of the molecule is CC(C)(CNc1nn2c(=O)ccnc2s1)c1cccc(F)c1. The van der Waals surface area contributed by atoms with Crippen LogP contribution < -0.4 is 10.9 Å². The Kier molecular flexibility index (Phi) is 3.66. The Morgan fingerprint density at radius 1 is 1.36 bits per heavy atom. The Hall–Kier alpha value is -2.28. The summed E-state index contributed by atoms with van der Waals surface area (Å²) in [7, 11) is 0. The van der Waals surface area contributed by atoms with Crippen LogP contribution in [0.5, 0.6) is 0 Å². The summed E-state index contributed by atoms with van der Waals surface area (Å²) in [5.74, 6) is -0.249. The van der Waals surface area contributed by atoms with Crippen LogP contribution in [0.25, 0.3) is 4.96 Å². The van der Waals surface area contributed by atoms with Crippen LogP contribution in [0, 0.1) is 5.82 Å². The van der Waals surface area contributed by atoms with Gasteiger partial charge >= 0.3 is 0 Å². The number of anilines is 1. The molecule has 3 rings (SSSR count). The van der Waals surface area contributed by atoms with Crippen LogP contribution >= 0.6 is 11.3 Å². The zero-order valence-electron chi connectivity index (χ0n) is 12.2. The van der Waals surface area contributed by atoms with E-state index >= 15 is 0 Å². The van der Waals surface area contributed by atoms with Crippen molar-refractivity contribution in [3.63, 3.8) is 0 Å². The first kappa shape index (κ1) is 14.6. The molecule has 0 amide bonds. The summed E-state index contributed by atoms with van der Waals surface area (Å²) >= 11 is 1.31. The maximum absolute atomic E-state index is 13.4. The predicted octanol–water partition coefficient (Wildman–Crippen LogP) is 2.68. The van der Waals surface area contributed by atoms with E-state index in [1.54, 1.807) is 6.07 Å². The van der Waals surface area contributed by atoms with Gasteiger partial charge in [0.05, 0.1) is 0 Å². The van der Waals surface area contributed by atoms with Gasteiger partial charge in [-0.25, -0.2) is 9.37 Å². The largest absolute Gasteiger partial charge is 0.359 e. The molecule has 2 heterocycles. The summed E-state index contributed by atoms with van der Waals surface area (Å²) in [6.07, 6.45) is 1.47. The van der Waals surface area contributed by atoms with E-state index < -0.39 is 0 Å². The van der Waals surface area contributed by atoms with E-state index in [0.29, 0.717) is 16.6 Å². The number of aromatic nitrogens is 3. The molecule has 0 spiro atoms. The Labute approximate surface area is 130 Å². The number of halogens is 1. The Balaban J connectivity index is 1.81. The van der Waals surface area contributed by atoms with Crippen LogP contribution in [0.1, 0.15) is 19.4 Å². The highest BCUT2D eigenvalue weighted by Crippen LogP contribution is 2.25. The minimum absolute atomic E-state index is 0.210. The van der Waals surface area contributed by atoms with E-state index in [0.717, 1.165) is 5.56 Å². The van der Waals surface area contributed by atoms with Crippen LogP contribution in [-0.4, -0.2) is 21.1 Å². The topological polar surface area (TPSA) is 59.3 Å². The number of benzene rings is 1. The molecule has 0 saturated carbocycles. The average molecular weight is 318 g/mol. The number of hydrogen-bond donors (Lipinski definition) is 1. The summed E-state index contributed by atoms with van der Waals surface area (Å²) in [6.45, 7) is 4.60. The molecule has 22 heavy (non-hydrogen) atoms. The zero-order valence-corrected chi connectivity index (χ0v) is 13.0. The molecule has 0 saturated heterocycles. The lowest BCUT2D eigenvalue weighted by molar-refractivity contribution is 0.546. The van der Waals surface area contributed by atoms with Gasteiger partial charge in [-0.05, 0) is 17.7 Å². The van der Waals surface area contributed by atoms with E-state index in [9.17, 15) is 9.18 Å².